The highest BCUT2D eigenvalue weighted by Crippen LogP contribution is 2.34. The summed E-state index contributed by atoms with van der Waals surface area (Å²) in [7, 11) is 0. The molecule has 0 radical (unpaired) electrons. The minimum absolute atomic E-state index is 0.0679. The number of hydrogen-bond donors (Lipinski definition) is 1. The van der Waals surface area contributed by atoms with E-state index in [1.54, 1.807) is 18.0 Å². The number of morpholine rings is 1. The molecule has 1 saturated heterocycles. The number of aryl methyl sites for hydroxylation is 2. The Balaban J connectivity index is 1.37. The molecule has 1 amide bonds. The molecule has 0 aliphatic carbocycles. The summed E-state index contributed by atoms with van der Waals surface area (Å²) in [6.45, 7) is 7.90. The van der Waals surface area contributed by atoms with Crippen molar-refractivity contribution in [2.75, 3.05) is 31.6 Å². The van der Waals surface area contributed by atoms with Crippen molar-refractivity contribution in [2.24, 2.45) is 0 Å². The highest BCUT2D eigenvalue weighted by Gasteiger charge is 2.25. The van der Waals surface area contributed by atoms with Crippen LogP contribution in [0.2, 0.25) is 0 Å². The van der Waals surface area contributed by atoms with E-state index in [1.807, 2.05) is 62.4 Å². The number of fused-ring (bicyclic) bond motifs is 1. The van der Waals surface area contributed by atoms with E-state index in [-0.39, 0.29) is 5.91 Å². The van der Waals surface area contributed by atoms with Crippen LogP contribution in [0.15, 0.2) is 61.1 Å². The third-order valence-corrected chi connectivity index (χ3v) is 6.15. The number of carbonyl (C=O) groups excluding carboxylic acids is 1. The zero-order valence-corrected chi connectivity index (χ0v) is 21.1. The lowest BCUT2D eigenvalue weighted by Crippen LogP contribution is -2.46. The van der Waals surface area contributed by atoms with Gasteiger partial charge < -0.3 is 24.4 Å². The van der Waals surface area contributed by atoms with Gasteiger partial charge in [-0.25, -0.2) is 9.97 Å². The first-order valence-corrected chi connectivity index (χ1v) is 12.2. The van der Waals surface area contributed by atoms with Crippen molar-refractivity contribution >= 4 is 28.3 Å². The fourth-order valence-corrected chi connectivity index (χ4v) is 4.17. The Labute approximate surface area is 215 Å². The second-order valence-corrected chi connectivity index (χ2v) is 8.91. The van der Waals surface area contributed by atoms with Gasteiger partial charge in [-0.1, -0.05) is 6.07 Å². The first-order valence-electron chi connectivity index (χ1n) is 12.2. The quantitative estimate of drug-likeness (QED) is 0.387. The number of amides is 1. The van der Waals surface area contributed by atoms with Gasteiger partial charge in [-0.05, 0) is 68.8 Å². The molecule has 3 heterocycles. The van der Waals surface area contributed by atoms with Crippen molar-refractivity contribution in [3.8, 4) is 17.2 Å². The molecule has 1 atom stereocenters. The summed E-state index contributed by atoms with van der Waals surface area (Å²) in [4.78, 5) is 27.8. The molecule has 1 aliphatic rings. The van der Waals surface area contributed by atoms with E-state index in [0.717, 1.165) is 22.7 Å². The SMILES string of the molecule is Cc1ccc(Oc2ccc(Nc3ncnc4cccc(O[C@H](C)C(=O)N5CCOCC5)c34)cc2C)cn1. The van der Waals surface area contributed by atoms with Gasteiger partial charge in [0, 0.05) is 24.5 Å². The van der Waals surface area contributed by atoms with Gasteiger partial charge in [-0.3, -0.25) is 9.78 Å². The second-order valence-electron chi connectivity index (χ2n) is 8.91. The molecule has 1 aliphatic heterocycles. The van der Waals surface area contributed by atoms with Crippen LogP contribution >= 0.6 is 0 Å². The van der Waals surface area contributed by atoms with E-state index < -0.39 is 6.10 Å². The maximum Gasteiger partial charge on any atom is 0.263 e. The average molecular weight is 500 g/mol. The summed E-state index contributed by atoms with van der Waals surface area (Å²) in [5.74, 6) is 2.48. The molecular formula is C28H29N5O4. The molecule has 2 aromatic carbocycles. The predicted molar refractivity (Wildman–Crippen MR) is 141 cm³/mol. The van der Waals surface area contributed by atoms with Gasteiger partial charge >= 0.3 is 0 Å². The summed E-state index contributed by atoms with van der Waals surface area (Å²) in [6.07, 6.45) is 2.55. The number of rotatable bonds is 7. The number of hydrogen-bond acceptors (Lipinski definition) is 8. The normalized spacial score (nSPS) is 14.3. The van der Waals surface area contributed by atoms with Gasteiger partial charge in [-0.2, -0.15) is 0 Å². The van der Waals surface area contributed by atoms with Crippen LogP contribution in [0.1, 0.15) is 18.2 Å². The molecular weight excluding hydrogens is 470 g/mol. The zero-order chi connectivity index (χ0) is 25.8. The summed E-state index contributed by atoms with van der Waals surface area (Å²) in [5, 5.41) is 4.09. The Bertz CT molecular complexity index is 1400. The van der Waals surface area contributed by atoms with E-state index in [1.165, 1.54) is 6.33 Å². The summed E-state index contributed by atoms with van der Waals surface area (Å²) < 4.78 is 17.5. The zero-order valence-electron chi connectivity index (χ0n) is 21.1. The second kappa shape index (κ2) is 10.8. The van der Waals surface area contributed by atoms with Crippen LogP contribution in [-0.4, -0.2) is 58.2 Å². The Hall–Kier alpha value is -4.24. The monoisotopic (exact) mass is 499 g/mol. The highest BCUT2D eigenvalue weighted by molar-refractivity contribution is 5.96. The predicted octanol–water partition coefficient (Wildman–Crippen LogP) is 4.80. The van der Waals surface area contributed by atoms with E-state index in [0.29, 0.717) is 54.5 Å². The summed E-state index contributed by atoms with van der Waals surface area (Å²) in [5.41, 5.74) is 3.43. The van der Waals surface area contributed by atoms with Crippen molar-refractivity contribution in [1.82, 2.24) is 19.9 Å². The Morgan fingerprint density at radius 3 is 2.62 bits per heavy atom. The number of pyridine rings is 1. The number of nitrogens with one attached hydrogen (secondary N) is 1. The maximum atomic E-state index is 12.9. The largest absolute Gasteiger partial charge is 0.480 e. The number of anilines is 2. The van der Waals surface area contributed by atoms with Crippen LogP contribution in [0.4, 0.5) is 11.5 Å². The molecule has 2 aromatic heterocycles. The van der Waals surface area contributed by atoms with Crippen LogP contribution < -0.4 is 14.8 Å². The molecule has 4 aromatic rings. The number of carbonyl (C=O) groups is 1. The lowest BCUT2D eigenvalue weighted by molar-refractivity contribution is -0.142. The number of aromatic nitrogens is 3. The van der Waals surface area contributed by atoms with Gasteiger partial charge in [0.05, 0.1) is 30.3 Å². The number of benzene rings is 2. The Morgan fingerprint density at radius 1 is 1.03 bits per heavy atom. The summed E-state index contributed by atoms with van der Waals surface area (Å²) in [6, 6.07) is 15.2. The number of nitrogens with zero attached hydrogens (tertiary/aromatic N) is 4. The van der Waals surface area contributed by atoms with Crippen molar-refractivity contribution in [3.63, 3.8) is 0 Å². The van der Waals surface area contributed by atoms with Crippen molar-refractivity contribution in [3.05, 3.63) is 72.3 Å². The lowest BCUT2D eigenvalue weighted by Gasteiger charge is -2.29. The molecule has 9 heteroatoms. The maximum absolute atomic E-state index is 12.9. The molecule has 1 N–H and O–H groups in total. The van der Waals surface area contributed by atoms with Crippen LogP contribution in [0.25, 0.3) is 10.9 Å². The first-order chi connectivity index (χ1) is 18.0. The average Bonchev–Trinajstić information content (AvgIpc) is 2.91. The van der Waals surface area contributed by atoms with Gasteiger partial charge in [0.1, 0.15) is 29.4 Å². The van der Waals surface area contributed by atoms with Gasteiger partial charge in [-0.15, -0.1) is 0 Å². The van der Waals surface area contributed by atoms with E-state index in [9.17, 15) is 4.79 Å². The molecule has 0 unspecified atom stereocenters. The first kappa shape index (κ1) is 24.5. The minimum Gasteiger partial charge on any atom is -0.480 e. The summed E-state index contributed by atoms with van der Waals surface area (Å²) >= 11 is 0. The molecule has 0 spiro atoms. The van der Waals surface area contributed by atoms with Gasteiger partial charge in [0.2, 0.25) is 0 Å². The third kappa shape index (κ3) is 5.62. The standard InChI is InChI=1S/C28H29N5O4/c1-18-15-21(8-10-24(18)37-22-9-7-19(2)29-16-22)32-27-26-23(30-17-31-27)5-4-6-25(26)36-20(3)28(34)33-11-13-35-14-12-33/h4-10,15-17,20H,11-14H2,1-3H3,(H,30,31,32)/t20-/m1/s1. The van der Waals surface area contributed by atoms with Crippen LogP contribution in [0.3, 0.4) is 0 Å². The van der Waals surface area contributed by atoms with E-state index in [4.69, 9.17) is 14.2 Å². The van der Waals surface area contributed by atoms with E-state index in [2.05, 4.69) is 20.3 Å². The van der Waals surface area contributed by atoms with Crippen LogP contribution in [0, 0.1) is 13.8 Å². The molecule has 37 heavy (non-hydrogen) atoms. The third-order valence-electron chi connectivity index (χ3n) is 6.15. The Morgan fingerprint density at radius 2 is 1.86 bits per heavy atom. The van der Waals surface area contributed by atoms with Crippen molar-refractivity contribution in [2.45, 2.75) is 26.9 Å². The molecule has 0 saturated carbocycles. The van der Waals surface area contributed by atoms with Crippen molar-refractivity contribution in [1.29, 1.82) is 0 Å². The topological polar surface area (TPSA) is 98.7 Å². The van der Waals surface area contributed by atoms with Crippen molar-refractivity contribution < 1.29 is 19.0 Å². The molecule has 9 nitrogen and oxygen atoms in total. The van der Waals surface area contributed by atoms with Gasteiger partial charge in [0.15, 0.2) is 6.10 Å². The lowest BCUT2D eigenvalue weighted by atomic mass is 10.1. The number of ether oxygens (including phenoxy) is 3. The van der Waals surface area contributed by atoms with Crippen LogP contribution in [0.5, 0.6) is 17.2 Å². The van der Waals surface area contributed by atoms with E-state index >= 15 is 0 Å². The fourth-order valence-electron chi connectivity index (χ4n) is 4.17. The minimum atomic E-state index is -0.660. The molecule has 5 rings (SSSR count). The smallest absolute Gasteiger partial charge is 0.263 e. The Kier molecular flexibility index (Phi) is 7.14. The fraction of sp³-hybridized carbons (Fsp3) is 0.286. The van der Waals surface area contributed by atoms with Gasteiger partial charge in [0.25, 0.3) is 5.91 Å². The molecule has 190 valence electrons. The van der Waals surface area contributed by atoms with Crippen LogP contribution in [-0.2, 0) is 9.53 Å². The highest BCUT2D eigenvalue weighted by atomic mass is 16.5. The molecule has 1 fully saturated rings. The molecule has 0 bridgehead atoms.